The number of ether oxygens (including phenoxy) is 2. The highest BCUT2D eigenvalue weighted by molar-refractivity contribution is 7.89. The zero-order valence-electron chi connectivity index (χ0n) is 15.6. The van der Waals surface area contributed by atoms with E-state index < -0.39 is 10.0 Å². The summed E-state index contributed by atoms with van der Waals surface area (Å²) < 4.78 is 39.8. The second kappa shape index (κ2) is 7.09. The van der Waals surface area contributed by atoms with Gasteiger partial charge in [0, 0.05) is 22.8 Å². The third kappa shape index (κ3) is 3.52. The maximum Gasteiger partial charge on any atom is 0.254 e. The van der Waals surface area contributed by atoms with Crippen LogP contribution in [-0.2, 0) is 10.0 Å². The average Bonchev–Trinajstić information content (AvgIpc) is 3.41. The summed E-state index contributed by atoms with van der Waals surface area (Å²) in [6.07, 6.45) is 1.75. The summed E-state index contributed by atoms with van der Waals surface area (Å²) in [5.41, 5.74) is 0.780. The van der Waals surface area contributed by atoms with Crippen molar-refractivity contribution in [1.29, 1.82) is 0 Å². The molecule has 0 atom stereocenters. The lowest BCUT2D eigenvalue weighted by Crippen LogP contribution is -2.56. The number of rotatable bonds is 6. The van der Waals surface area contributed by atoms with Gasteiger partial charge in [0.1, 0.15) is 22.5 Å². The molecule has 0 unspecified atom stereocenters. The molecule has 1 aliphatic carbocycles. The normalized spacial score (nSPS) is 18.0. The highest BCUT2D eigenvalue weighted by Crippen LogP contribution is 2.35. The van der Waals surface area contributed by atoms with Gasteiger partial charge in [-0.05, 0) is 44.0 Å². The molecule has 28 heavy (non-hydrogen) atoms. The maximum atomic E-state index is 12.9. The lowest BCUT2D eigenvalue weighted by Gasteiger charge is -2.38. The zero-order valence-corrected chi connectivity index (χ0v) is 17.2. The van der Waals surface area contributed by atoms with E-state index in [-0.39, 0.29) is 35.4 Å². The number of hydrogen-bond donors (Lipinski definition) is 0. The molecule has 0 bridgehead atoms. The number of benzene rings is 1. The lowest BCUT2D eigenvalue weighted by atomic mass is 10.2. The van der Waals surface area contributed by atoms with Crippen molar-refractivity contribution in [3.8, 4) is 11.5 Å². The Morgan fingerprint density at radius 2 is 1.86 bits per heavy atom. The Morgan fingerprint density at radius 1 is 1.14 bits per heavy atom. The fourth-order valence-corrected chi connectivity index (χ4v) is 5.33. The molecular weight excluding hydrogens is 404 g/mol. The molecule has 150 valence electrons. The molecule has 2 aromatic rings. The molecule has 9 heteroatoms. The molecule has 2 fully saturated rings. The third-order valence-electron chi connectivity index (χ3n) is 5.01. The summed E-state index contributed by atoms with van der Waals surface area (Å²) in [5.74, 6) is 0.717. The average molecular weight is 425 g/mol. The first-order valence-electron chi connectivity index (χ1n) is 9.03. The van der Waals surface area contributed by atoms with Gasteiger partial charge in [-0.15, -0.1) is 0 Å². The van der Waals surface area contributed by atoms with Crippen LogP contribution in [0.25, 0.3) is 0 Å². The van der Waals surface area contributed by atoms with Gasteiger partial charge in [-0.25, -0.2) is 8.42 Å². The fourth-order valence-electron chi connectivity index (χ4n) is 3.41. The van der Waals surface area contributed by atoms with Crippen molar-refractivity contribution in [2.45, 2.75) is 36.8 Å². The van der Waals surface area contributed by atoms with E-state index in [9.17, 15) is 13.2 Å². The summed E-state index contributed by atoms with van der Waals surface area (Å²) in [7, 11) is -2.33. The molecule has 4 rings (SSSR count). The molecule has 2 aliphatic rings. The topological polar surface area (TPSA) is 77.8 Å². The number of aromatic nitrogens is 1. The first kappa shape index (κ1) is 19.3. The van der Waals surface area contributed by atoms with Crippen molar-refractivity contribution in [2.24, 2.45) is 0 Å². The van der Waals surface area contributed by atoms with E-state index in [2.05, 4.69) is 0 Å². The Kier molecular flexibility index (Phi) is 4.89. The SMILES string of the molecule is COc1ccc(Cl)cc1S(=O)(=O)N1CC(Oc2cc(C)n(C3CC3)c(=O)c2)C1. The summed E-state index contributed by atoms with van der Waals surface area (Å²) in [6.45, 7) is 2.28. The smallest absolute Gasteiger partial charge is 0.254 e. The monoisotopic (exact) mass is 424 g/mol. The molecule has 1 saturated heterocycles. The summed E-state index contributed by atoms with van der Waals surface area (Å²) in [6, 6.07) is 8.09. The first-order valence-corrected chi connectivity index (χ1v) is 10.8. The summed E-state index contributed by atoms with van der Waals surface area (Å²) in [5, 5.41) is 0.319. The van der Waals surface area contributed by atoms with Crippen LogP contribution in [0.4, 0.5) is 0 Å². The molecule has 0 spiro atoms. The minimum atomic E-state index is -3.74. The van der Waals surface area contributed by atoms with Gasteiger partial charge in [0.05, 0.1) is 20.2 Å². The number of hydrogen-bond acceptors (Lipinski definition) is 5. The Morgan fingerprint density at radius 3 is 2.46 bits per heavy atom. The van der Waals surface area contributed by atoms with Crippen molar-refractivity contribution >= 4 is 21.6 Å². The quantitative estimate of drug-likeness (QED) is 0.712. The van der Waals surface area contributed by atoms with E-state index in [0.29, 0.717) is 16.8 Å². The van der Waals surface area contributed by atoms with Crippen LogP contribution in [-0.4, -0.2) is 43.6 Å². The van der Waals surface area contributed by atoms with Gasteiger partial charge in [0.2, 0.25) is 10.0 Å². The van der Waals surface area contributed by atoms with Gasteiger partial charge in [0.15, 0.2) is 0 Å². The largest absolute Gasteiger partial charge is 0.495 e. The zero-order chi connectivity index (χ0) is 20.1. The van der Waals surface area contributed by atoms with Crippen molar-refractivity contribution < 1.29 is 17.9 Å². The Labute approximate surface area is 168 Å². The number of aryl methyl sites for hydroxylation is 1. The number of halogens is 1. The number of pyridine rings is 1. The predicted molar refractivity (Wildman–Crippen MR) is 105 cm³/mol. The number of methoxy groups -OCH3 is 1. The Hall–Kier alpha value is -2.03. The molecule has 1 aromatic heterocycles. The van der Waals surface area contributed by atoms with E-state index in [1.807, 2.05) is 13.0 Å². The summed E-state index contributed by atoms with van der Waals surface area (Å²) >= 11 is 5.96. The van der Waals surface area contributed by atoms with Gasteiger partial charge in [-0.1, -0.05) is 11.6 Å². The molecule has 1 aliphatic heterocycles. The van der Waals surface area contributed by atoms with E-state index in [1.165, 1.54) is 29.6 Å². The highest BCUT2D eigenvalue weighted by Gasteiger charge is 2.39. The first-order chi connectivity index (χ1) is 13.3. The third-order valence-corrected chi connectivity index (χ3v) is 7.10. The van der Waals surface area contributed by atoms with E-state index >= 15 is 0 Å². The molecule has 0 amide bonds. The molecular formula is C19H21ClN2O5S. The van der Waals surface area contributed by atoms with Gasteiger partial charge in [-0.2, -0.15) is 4.31 Å². The van der Waals surface area contributed by atoms with Crippen LogP contribution < -0.4 is 15.0 Å². The van der Waals surface area contributed by atoms with Gasteiger partial charge in [-0.3, -0.25) is 4.79 Å². The predicted octanol–water partition coefficient (Wildman–Crippen LogP) is 2.61. The van der Waals surface area contributed by atoms with Crippen LogP contribution >= 0.6 is 11.6 Å². The second-order valence-electron chi connectivity index (χ2n) is 7.13. The van der Waals surface area contributed by atoms with Crippen molar-refractivity contribution in [3.05, 3.63) is 51.4 Å². The molecule has 1 aromatic carbocycles. The summed E-state index contributed by atoms with van der Waals surface area (Å²) in [4.78, 5) is 12.3. The van der Waals surface area contributed by atoms with Crippen LogP contribution in [0.1, 0.15) is 24.6 Å². The van der Waals surface area contributed by atoms with Gasteiger partial charge >= 0.3 is 0 Å². The van der Waals surface area contributed by atoms with Crippen LogP contribution in [0.3, 0.4) is 0 Å². The van der Waals surface area contributed by atoms with E-state index in [4.69, 9.17) is 21.1 Å². The van der Waals surface area contributed by atoms with Crippen molar-refractivity contribution in [1.82, 2.24) is 8.87 Å². The van der Waals surface area contributed by atoms with E-state index in [0.717, 1.165) is 18.5 Å². The van der Waals surface area contributed by atoms with Crippen molar-refractivity contribution in [2.75, 3.05) is 20.2 Å². The molecule has 0 radical (unpaired) electrons. The Bertz CT molecular complexity index is 1070. The molecule has 1 saturated carbocycles. The minimum Gasteiger partial charge on any atom is -0.495 e. The standard InChI is InChI=1S/C19H21ClN2O5S/c1-12-7-15(9-19(23)22(12)14-4-5-14)27-16-10-21(11-16)28(24,25)18-8-13(20)3-6-17(18)26-2/h3,6-9,14,16H,4-5,10-11H2,1-2H3. The Balaban J connectivity index is 1.46. The van der Waals surface area contributed by atoms with Crippen LogP contribution in [0, 0.1) is 6.92 Å². The molecule has 2 heterocycles. The maximum absolute atomic E-state index is 12.9. The lowest BCUT2D eigenvalue weighted by molar-refractivity contribution is 0.0757. The number of nitrogens with zero attached hydrogens (tertiary/aromatic N) is 2. The number of sulfonamides is 1. The minimum absolute atomic E-state index is 0.0313. The van der Waals surface area contributed by atoms with Crippen LogP contribution in [0.15, 0.2) is 40.0 Å². The second-order valence-corrected chi connectivity index (χ2v) is 9.47. The van der Waals surface area contributed by atoms with Gasteiger partial charge < -0.3 is 14.0 Å². The van der Waals surface area contributed by atoms with E-state index in [1.54, 1.807) is 10.6 Å². The fraction of sp³-hybridized carbons (Fsp3) is 0.421. The molecule has 7 nitrogen and oxygen atoms in total. The van der Waals surface area contributed by atoms with Crippen molar-refractivity contribution in [3.63, 3.8) is 0 Å². The van der Waals surface area contributed by atoms with Gasteiger partial charge in [0.25, 0.3) is 5.56 Å². The molecule has 0 N–H and O–H groups in total. The highest BCUT2D eigenvalue weighted by atomic mass is 35.5. The van der Waals surface area contributed by atoms with Crippen LogP contribution in [0.5, 0.6) is 11.5 Å². The van der Waals surface area contributed by atoms with Crippen LogP contribution in [0.2, 0.25) is 5.02 Å².